The number of ether oxygens (including phenoxy) is 2. The minimum absolute atomic E-state index is 0.0430. The fraction of sp³-hybridized carbons (Fsp3) is 0.476. The van der Waals surface area contributed by atoms with E-state index in [0.29, 0.717) is 39.2 Å². The highest BCUT2D eigenvalue weighted by Crippen LogP contribution is 2.22. The van der Waals surface area contributed by atoms with E-state index >= 15 is 0 Å². The molecular weight excluding hydrogens is 356 g/mol. The maximum Gasteiger partial charge on any atom is 0.220 e. The van der Waals surface area contributed by atoms with Crippen LogP contribution in [0.15, 0.2) is 24.3 Å². The molecule has 0 aliphatic carbocycles. The highest BCUT2D eigenvalue weighted by atomic mass is 16.5. The molecule has 1 aromatic carbocycles. The summed E-state index contributed by atoms with van der Waals surface area (Å²) in [5.74, 6) is 0.0430. The number of nitrogens with one attached hydrogen (secondary N) is 1. The van der Waals surface area contributed by atoms with Gasteiger partial charge in [0, 0.05) is 43.5 Å². The van der Waals surface area contributed by atoms with Crippen LogP contribution in [-0.2, 0) is 20.7 Å². The van der Waals surface area contributed by atoms with Crippen LogP contribution in [0, 0.1) is 13.8 Å². The lowest BCUT2D eigenvalue weighted by atomic mass is 10.1. The van der Waals surface area contributed by atoms with Gasteiger partial charge in [0.15, 0.2) is 5.65 Å². The smallest absolute Gasteiger partial charge is 0.220 e. The summed E-state index contributed by atoms with van der Waals surface area (Å²) in [5, 5.41) is 8.66. The molecule has 0 aliphatic heterocycles. The van der Waals surface area contributed by atoms with Gasteiger partial charge in [-0.1, -0.05) is 12.1 Å². The van der Waals surface area contributed by atoms with Gasteiger partial charge in [0.05, 0.1) is 18.7 Å². The predicted molar refractivity (Wildman–Crippen MR) is 109 cm³/mol. The molecule has 0 radical (unpaired) electrons. The Morgan fingerprint density at radius 3 is 2.82 bits per heavy atom. The number of carbonyl (C=O) groups excluding carboxylic acids is 1. The molecule has 7 heteroatoms. The molecule has 1 N–H and O–H groups in total. The summed E-state index contributed by atoms with van der Waals surface area (Å²) in [6, 6.07) is 8.00. The van der Waals surface area contributed by atoms with Gasteiger partial charge in [-0.15, -0.1) is 0 Å². The second-order valence-corrected chi connectivity index (χ2v) is 6.82. The van der Waals surface area contributed by atoms with E-state index in [1.54, 1.807) is 7.11 Å². The predicted octanol–water partition coefficient (Wildman–Crippen LogP) is 2.60. The lowest BCUT2D eigenvalue weighted by molar-refractivity contribution is -0.121. The van der Waals surface area contributed by atoms with Crippen LogP contribution in [0.4, 0.5) is 0 Å². The summed E-state index contributed by atoms with van der Waals surface area (Å²) in [6.45, 7) is 6.45. The standard InChI is InChI=1S/C21H28N4O3/c1-15-17(9-10-20(26)22-11-6-12-28-14-13-27-3)16(2)25-21(23-15)18-7-4-5-8-19(18)24-25/h4-5,7-8H,6,9-14H2,1-3H3,(H,22,26). The summed E-state index contributed by atoms with van der Waals surface area (Å²) < 4.78 is 12.2. The fourth-order valence-electron chi connectivity index (χ4n) is 3.31. The maximum absolute atomic E-state index is 12.2. The van der Waals surface area contributed by atoms with Crippen molar-refractivity contribution in [2.45, 2.75) is 33.1 Å². The average molecular weight is 384 g/mol. The number of methoxy groups -OCH3 is 1. The number of rotatable bonds is 10. The molecule has 3 aromatic rings. The molecule has 0 atom stereocenters. The number of hydrogen-bond acceptors (Lipinski definition) is 5. The maximum atomic E-state index is 12.2. The van der Waals surface area contributed by atoms with Gasteiger partial charge in [-0.25, -0.2) is 9.50 Å². The number of benzene rings is 1. The number of fused-ring (bicyclic) bond motifs is 3. The van der Waals surface area contributed by atoms with Crippen molar-refractivity contribution in [2.24, 2.45) is 0 Å². The third-order valence-electron chi connectivity index (χ3n) is 4.84. The van der Waals surface area contributed by atoms with E-state index < -0.39 is 0 Å². The van der Waals surface area contributed by atoms with Crippen LogP contribution < -0.4 is 5.32 Å². The van der Waals surface area contributed by atoms with Crippen LogP contribution in [0.5, 0.6) is 0 Å². The summed E-state index contributed by atoms with van der Waals surface area (Å²) >= 11 is 0. The number of hydrogen-bond donors (Lipinski definition) is 1. The lowest BCUT2D eigenvalue weighted by Crippen LogP contribution is -2.26. The van der Waals surface area contributed by atoms with E-state index in [-0.39, 0.29) is 5.91 Å². The van der Waals surface area contributed by atoms with Crippen LogP contribution in [0.25, 0.3) is 16.6 Å². The van der Waals surface area contributed by atoms with Gasteiger partial charge in [0.25, 0.3) is 0 Å². The summed E-state index contributed by atoms with van der Waals surface area (Å²) in [4.78, 5) is 16.9. The SMILES string of the molecule is COCCOCCCNC(=O)CCc1c(C)nc2c3ccccc3nn2c1C. The van der Waals surface area contributed by atoms with Gasteiger partial charge in [0.2, 0.25) is 5.91 Å². The van der Waals surface area contributed by atoms with Gasteiger partial charge < -0.3 is 14.8 Å². The van der Waals surface area contributed by atoms with Crippen molar-refractivity contribution in [2.75, 3.05) is 33.5 Å². The van der Waals surface area contributed by atoms with Gasteiger partial charge in [-0.2, -0.15) is 5.10 Å². The molecule has 0 spiro atoms. The van der Waals surface area contributed by atoms with E-state index in [1.165, 1.54) is 0 Å². The Balaban J connectivity index is 1.57. The topological polar surface area (TPSA) is 77.8 Å². The van der Waals surface area contributed by atoms with E-state index in [1.807, 2.05) is 42.6 Å². The fourth-order valence-corrected chi connectivity index (χ4v) is 3.31. The Hall–Kier alpha value is -2.51. The van der Waals surface area contributed by atoms with Gasteiger partial charge in [0.1, 0.15) is 0 Å². The first-order valence-corrected chi connectivity index (χ1v) is 9.68. The van der Waals surface area contributed by atoms with E-state index in [4.69, 9.17) is 14.5 Å². The third kappa shape index (κ3) is 4.66. The molecular formula is C21H28N4O3. The Labute approximate surface area is 165 Å². The third-order valence-corrected chi connectivity index (χ3v) is 4.84. The zero-order valence-electron chi connectivity index (χ0n) is 16.8. The van der Waals surface area contributed by atoms with Crippen molar-refractivity contribution in [1.82, 2.24) is 19.9 Å². The van der Waals surface area contributed by atoms with Crippen molar-refractivity contribution in [1.29, 1.82) is 0 Å². The second kappa shape index (κ2) is 9.61. The molecule has 2 heterocycles. The number of carbonyl (C=O) groups is 1. The Bertz CT molecular complexity index is 952. The minimum Gasteiger partial charge on any atom is -0.382 e. The minimum atomic E-state index is 0.0430. The highest BCUT2D eigenvalue weighted by molar-refractivity contribution is 5.92. The summed E-state index contributed by atoms with van der Waals surface area (Å²) in [7, 11) is 1.65. The zero-order chi connectivity index (χ0) is 19.9. The molecule has 2 aromatic heterocycles. The van der Waals surface area contributed by atoms with Crippen molar-refractivity contribution in [3.63, 3.8) is 0 Å². The lowest BCUT2D eigenvalue weighted by Gasteiger charge is -2.11. The largest absolute Gasteiger partial charge is 0.382 e. The van der Waals surface area contributed by atoms with Gasteiger partial charge in [-0.3, -0.25) is 4.79 Å². The molecule has 0 unspecified atom stereocenters. The van der Waals surface area contributed by atoms with E-state index in [9.17, 15) is 4.79 Å². The summed E-state index contributed by atoms with van der Waals surface area (Å²) in [5.41, 5.74) is 4.87. The van der Waals surface area contributed by atoms with Crippen molar-refractivity contribution in [3.8, 4) is 0 Å². The van der Waals surface area contributed by atoms with Crippen LogP contribution in [-0.4, -0.2) is 54.0 Å². The Kier molecular flexibility index (Phi) is 6.95. The number of aromatic nitrogens is 3. The molecule has 0 bridgehead atoms. The molecule has 0 saturated heterocycles. The first-order valence-electron chi connectivity index (χ1n) is 9.68. The molecule has 28 heavy (non-hydrogen) atoms. The van der Waals surface area contributed by atoms with Gasteiger partial charge >= 0.3 is 0 Å². The monoisotopic (exact) mass is 384 g/mol. The molecule has 0 saturated carbocycles. The Morgan fingerprint density at radius 2 is 2.00 bits per heavy atom. The van der Waals surface area contributed by atoms with Crippen LogP contribution >= 0.6 is 0 Å². The van der Waals surface area contributed by atoms with Crippen LogP contribution in [0.3, 0.4) is 0 Å². The number of amides is 1. The molecule has 150 valence electrons. The number of nitrogens with zero attached hydrogens (tertiary/aromatic N) is 3. The van der Waals surface area contributed by atoms with Crippen molar-refractivity contribution >= 4 is 22.5 Å². The van der Waals surface area contributed by atoms with Crippen LogP contribution in [0.1, 0.15) is 29.8 Å². The molecule has 7 nitrogen and oxygen atoms in total. The normalized spacial score (nSPS) is 11.4. The quantitative estimate of drug-likeness (QED) is 0.544. The highest BCUT2D eigenvalue weighted by Gasteiger charge is 2.14. The molecule has 0 fully saturated rings. The Morgan fingerprint density at radius 1 is 1.18 bits per heavy atom. The number of aryl methyl sites for hydroxylation is 2. The average Bonchev–Trinajstić information content (AvgIpc) is 3.06. The van der Waals surface area contributed by atoms with Crippen molar-refractivity contribution < 1.29 is 14.3 Å². The summed E-state index contributed by atoms with van der Waals surface area (Å²) in [6.07, 6.45) is 1.87. The first kappa shape index (κ1) is 20.2. The zero-order valence-corrected chi connectivity index (χ0v) is 16.8. The van der Waals surface area contributed by atoms with Crippen molar-refractivity contribution in [3.05, 3.63) is 41.2 Å². The second-order valence-electron chi connectivity index (χ2n) is 6.82. The molecule has 1 amide bonds. The molecule has 0 aliphatic rings. The van der Waals surface area contributed by atoms with Gasteiger partial charge in [-0.05, 0) is 44.4 Å². The van der Waals surface area contributed by atoms with E-state index in [2.05, 4.69) is 10.4 Å². The van der Waals surface area contributed by atoms with E-state index in [0.717, 1.165) is 39.9 Å². The first-order chi connectivity index (χ1) is 13.6. The van der Waals surface area contributed by atoms with Crippen LogP contribution in [0.2, 0.25) is 0 Å². The molecule has 3 rings (SSSR count).